The molecule has 0 spiro atoms. The Balaban J connectivity index is 1.67. The van der Waals surface area contributed by atoms with Gasteiger partial charge in [-0.2, -0.15) is 0 Å². The van der Waals surface area contributed by atoms with Gasteiger partial charge in [-0.1, -0.05) is 17.7 Å². The van der Waals surface area contributed by atoms with Crippen LogP contribution in [-0.2, 0) is 16.6 Å². The van der Waals surface area contributed by atoms with Crippen molar-refractivity contribution in [3.63, 3.8) is 0 Å². The molecule has 0 radical (unpaired) electrons. The normalized spacial score (nSPS) is 11.8. The van der Waals surface area contributed by atoms with Gasteiger partial charge in [0.05, 0.1) is 24.8 Å². The molecule has 1 N–H and O–H groups in total. The third-order valence-corrected chi connectivity index (χ3v) is 5.58. The summed E-state index contributed by atoms with van der Waals surface area (Å²) in [6, 6.07) is 15.0. The van der Waals surface area contributed by atoms with E-state index in [2.05, 4.69) is 9.71 Å². The third kappa shape index (κ3) is 5.01. The number of nitrogens with one attached hydrogen (secondary N) is 1. The smallest absolute Gasteiger partial charge is 0.240 e. The van der Waals surface area contributed by atoms with Crippen LogP contribution in [0.5, 0.6) is 5.75 Å². The minimum absolute atomic E-state index is 0.0204. The molecule has 0 aliphatic carbocycles. The van der Waals surface area contributed by atoms with Gasteiger partial charge in [-0.3, -0.25) is 0 Å². The zero-order valence-corrected chi connectivity index (χ0v) is 16.9. The standard InChI is InChI=1S/C20H19ClN2O4S/c1-14-3-10-20(26-2)19(11-14)22-12-16-6-7-17(27-16)13-23-28(24,25)18-8-4-15(21)5-9-18/h3-12,23H,13H2,1-2H3. The molecule has 1 heterocycles. The van der Waals surface area contributed by atoms with Crippen LogP contribution in [0, 0.1) is 6.92 Å². The molecular weight excluding hydrogens is 400 g/mol. The number of halogens is 1. The van der Waals surface area contributed by atoms with Crippen molar-refractivity contribution in [2.45, 2.75) is 18.4 Å². The average Bonchev–Trinajstić information content (AvgIpc) is 3.13. The molecule has 0 amide bonds. The van der Waals surface area contributed by atoms with Gasteiger partial charge in [0.15, 0.2) is 0 Å². The van der Waals surface area contributed by atoms with Crippen molar-refractivity contribution >= 4 is 33.5 Å². The number of sulfonamides is 1. The van der Waals surface area contributed by atoms with E-state index in [4.69, 9.17) is 20.8 Å². The van der Waals surface area contributed by atoms with E-state index in [0.717, 1.165) is 5.56 Å². The first-order valence-electron chi connectivity index (χ1n) is 8.40. The number of hydrogen-bond donors (Lipinski definition) is 1. The van der Waals surface area contributed by atoms with Crippen LogP contribution in [0.3, 0.4) is 0 Å². The molecule has 0 atom stereocenters. The lowest BCUT2D eigenvalue weighted by molar-refractivity contribution is 0.416. The van der Waals surface area contributed by atoms with Crippen LogP contribution in [0.2, 0.25) is 5.02 Å². The van der Waals surface area contributed by atoms with E-state index < -0.39 is 10.0 Å². The summed E-state index contributed by atoms with van der Waals surface area (Å²) in [5.41, 5.74) is 1.74. The topological polar surface area (TPSA) is 80.9 Å². The number of rotatable bonds is 7. The van der Waals surface area contributed by atoms with Gasteiger partial charge in [-0.15, -0.1) is 0 Å². The van der Waals surface area contributed by atoms with Gasteiger partial charge in [0.2, 0.25) is 10.0 Å². The highest BCUT2D eigenvalue weighted by Crippen LogP contribution is 2.28. The van der Waals surface area contributed by atoms with Crippen molar-refractivity contribution in [3.05, 3.63) is 76.7 Å². The second-order valence-electron chi connectivity index (χ2n) is 6.02. The molecule has 0 unspecified atom stereocenters. The molecule has 146 valence electrons. The lowest BCUT2D eigenvalue weighted by Crippen LogP contribution is -2.22. The number of nitrogens with zero attached hydrogens (tertiary/aromatic N) is 1. The quantitative estimate of drug-likeness (QED) is 0.573. The molecule has 0 aliphatic rings. The summed E-state index contributed by atoms with van der Waals surface area (Å²) in [4.78, 5) is 4.53. The highest BCUT2D eigenvalue weighted by molar-refractivity contribution is 7.89. The molecule has 28 heavy (non-hydrogen) atoms. The summed E-state index contributed by atoms with van der Waals surface area (Å²) in [5.74, 6) is 1.63. The first kappa shape index (κ1) is 20.1. The maximum absolute atomic E-state index is 12.3. The molecule has 8 heteroatoms. The van der Waals surface area contributed by atoms with E-state index in [9.17, 15) is 8.42 Å². The average molecular weight is 419 g/mol. The SMILES string of the molecule is COc1ccc(C)cc1N=Cc1ccc(CNS(=O)(=O)c2ccc(Cl)cc2)o1. The fraction of sp³-hybridized carbons (Fsp3) is 0.150. The lowest BCUT2D eigenvalue weighted by Gasteiger charge is -2.05. The Morgan fingerprint density at radius 3 is 2.61 bits per heavy atom. The molecule has 3 aromatic rings. The van der Waals surface area contributed by atoms with E-state index in [0.29, 0.717) is 28.0 Å². The Hall–Kier alpha value is -2.61. The number of methoxy groups -OCH3 is 1. The lowest BCUT2D eigenvalue weighted by atomic mass is 10.2. The van der Waals surface area contributed by atoms with Crippen LogP contribution in [-0.4, -0.2) is 21.7 Å². The molecule has 2 aromatic carbocycles. The van der Waals surface area contributed by atoms with Crippen LogP contribution < -0.4 is 9.46 Å². The molecule has 6 nitrogen and oxygen atoms in total. The number of ether oxygens (including phenoxy) is 1. The summed E-state index contributed by atoms with van der Waals surface area (Å²) >= 11 is 5.79. The minimum Gasteiger partial charge on any atom is -0.494 e. The Bertz CT molecular complexity index is 1090. The summed E-state index contributed by atoms with van der Waals surface area (Å²) in [5, 5.41) is 0.471. The van der Waals surface area contributed by atoms with Crippen molar-refractivity contribution in [1.82, 2.24) is 4.72 Å². The largest absolute Gasteiger partial charge is 0.494 e. The second kappa shape index (κ2) is 8.60. The highest BCUT2D eigenvalue weighted by Gasteiger charge is 2.14. The van der Waals surface area contributed by atoms with Crippen LogP contribution in [0.25, 0.3) is 0 Å². The van der Waals surface area contributed by atoms with E-state index in [1.54, 1.807) is 25.5 Å². The molecule has 3 rings (SSSR count). The van der Waals surface area contributed by atoms with Crippen molar-refractivity contribution in [3.8, 4) is 5.75 Å². The van der Waals surface area contributed by atoms with Crippen molar-refractivity contribution in [1.29, 1.82) is 0 Å². The number of aryl methyl sites for hydroxylation is 1. The van der Waals surface area contributed by atoms with Crippen molar-refractivity contribution < 1.29 is 17.6 Å². The number of hydrogen-bond acceptors (Lipinski definition) is 5. The van der Waals surface area contributed by atoms with Gasteiger partial charge >= 0.3 is 0 Å². The minimum atomic E-state index is -3.65. The van der Waals surface area contributed by atoms with Gasteiger partial charge in [-0.25, -0.2) is 18.1 Å². The maximum Gasteiger partial charge on any atom is 0.240 e. The van der Waals surface area contributed by atoms with Crippen LogP contribution in [0.4, 0.5) is 5.69 Å². The third-order valence-electron chi connectivity index (χ3n) is 3.91. The molecule has 0 aliphatic heterocycles. The van der Waals surface area contributed by atoms with Gasteiger partial charge in [0.1, 0.15) is 23.0 Å². The van der Waals surface area contributed by atoms with E-state index in [-0.39, 0.29) is 11.4 Å². The fourth-order valence-corrected chi connectivity index (χ4v) is 3.58. The predicted octanol–water partition coefficient (Wildman–Crippen LogP) is 4.48. The Kier molecular flexibility index (Phi) is 6.18. The predicted molar refractivity (Wildman–Crippen MR) is 109 cm³/mol. The summed E-state index contributed by atoms with van der Waals surface area (Å²) in [6.07, 6.45) is 1.56. The highest BCUT2D eigenvalue weighted by atomic mass is 35.5. The first-order valence-corrected chi connectivity index (χ1v) is 10.3. The summed E-state index contributed by atoms with van der Waals surface area (Å²) in [6.45, 7) is 1.99. The Morgan fingerprint density at radius 1 is 1.14 bits per heavy atom. The van der Waals surface area contributed by atoms with E-state index >= 15 is 0 Å². The molecule has 0 saturated carbocycles. The van der Waals surface area contributed by atoms with E-state index in [1.165, 1.54) is 24.3 Å². The Morgan fingerprint density at radius 2 is 1.89 bits per heavy atom. The van der Waals surface area contributed by atoms with Crippen LogP contribution in [0.1, 0.15) is 17.1 Å². The van der Waals surface area contributed by atoms with Gasteiger partial charge in [-0.05, 0) is 61.0 Å². The van der Waals surface area contributed by atoms with Crippen LogP contribution in [0.15, 0.2) is 68.9 Å². The number of furan rings is 1. The molecule has 1 aromatic heterocycles. The van der Waals surface area contributed by atoms with E-state index in [1.807, 2.05) is 25.1 Å². The monoisotopic (exact) mass is 418 g/mol. The summed E-state index contributed by atoms with van der Waals surface area (Å²) < 4.78 is 38.0. The first-order chi connectivity index (χ1) is 13.4. The molecule has 0 saturated heterocycles. The van der Waals surface area contributed by atoms with Gasteiger partial charge in [0, 0.05) is 5.02 Å². The fourth-order valence-electron chi connectivity index (χ4n) is 2.46. The van der Waals surface area contributed by atoms with Gasteiger partial charge in [0.25, 0.3) is 0 Å². The van der Waals surface area contributed by atoms with Crippen LogP contribution >= 0.6 is 11.6 Å². The zero-order chi connectivity index (χ0) is 20.1. The zero-order valence-electron chi connectivity index (χ0n) is 15.3. The number of benzene rings is 2. The van der Waals surface area contributed by atoms with Crippen molar-refractivity contribution in [2.75, 3.05) is 7.11 Å². The Labute approximate surface area is 168 Å². The summed E-state index contributed by atoms with van der Waals surface area (Å²) in [7, 11) is -2.07. The van der Waals surface area contributed by atoms with Gasteiger partial charge < -0.3 is 9.15 Å². The van der Waals surface area contributed by atoms with Crippen molar-refractivity contribution in [2.24, 2.45) is 4.99 Å². The maximum atomic E-state index is 12.3. The molecular formula is C20H19ClN2O4S. The number of aliphatic imine (C=N–C) groups is 1. The molecule has 0 bridgehead atoms. The second-order valence-corrected chi connectivity index (χ2v) is 8.22. The molecule has 0 fully saturated rings.